The molecule has 7 nitrogen and oxygen atoms in total. The number of aromatic nitrogens is 3. The van der Waals surface area contributed by atoms with Crippen LogP contribution < -0.4 is 10.6 Å². The maximum atomic E-state index is 11.6. The minimum atomic E-state index is -0.508. The SMILES string of the molecule is CC(C)Cn1c(C(N)=O)nnc1N1CCC(C2CCOCC2)CC1. The lowest BCUT2D eigenvalue weighted by atomic mass is 9.80. The van der Waals surface area contributed by atoms with E-state index >= 15 is 0 Å². The molecule has 0 atom stereocenters. The molecule has 0 bridgehead atoms. The summed E-state index contributed by atoms with van der Waals surface area (Å²) in [7, 11) is 0. The Morgan fingerprint density at radius 1 is 1.17 bits per heavy atom. The summed E-state index contributed by atoms with van der Waals surface area (Å²) in [5.74, 6) is 2.54. The first-order valence-corrected chi connectivity index (χ1v) is 9.12. The fourth-order valence-corrected chi connectivity index (χ4v) is 4.00. The Bertz CT molecular complexity index is 557. The zero-order valence-corrected chi connectivity index (χ0v) is 14.8. The number of carbonyl (C=O) groups is 1. The van der Waals surface area contributed by atoms with Crippen molar-refractivity contribution in [3.63, 3.8) is 0 Å². The second kappa shape index (κ2) is 7.51. The number of nitrogens with two attached hydrogens (primary N) is 1. The average Bonchev–Trinajstić information content (AvgIpc) is 2.99. The monoisotopic (exact) mass is 335 g/mol. The molecule has 0 aromatic carbocycles. The first kappa shape index (κ1) is 17.2. The minimum Gasteiger partial charge on any atom is -0.381 e. The van der Waals surface area contributed by atoms with Gasteiger partial charge in [-0.05, 0) is 43.4 Å². The summed E-state index contributed by atoms with van der Waals surface area (Å²) in [6.45, 7) is 8.71. The van der Waals surface area contributed by atoms with Crippen molar-refractivity contribution in [3.05, 3.63) is 5.82 Å². The van der Waals surface area contributed by atoms with Gasteiger partial charge < -0.3 is 15.4 Å². The van der Waals surface area contributed by atoms with Crippen LogP contribution in [0.5, 0.6) is 0 Å². The van der Waals surface area contributed by atoms with Gasteiger partial charge >= 0.3 is 0 Å². The molecule has 2 saturated heterocycles. The van der Waals surface area contributed by atoms with Crippen molar-refractivity contribution in [3.8, 4) is 0 Å². The van der Waals surface area contributed by atoms with E-state index in [1.165, 1.54) is 25.7 Å². The first-order valence-electron chi connectivity index (χ1n) is 9.12. The predicted octanol–water partition coefficient (Wildman–Crippen LogP) is 1.68. The molecule has 0 radical (unpaired) electrons. The van der Waals surface area contributed by atoms with Gasteiger partial charge in [0.2, 0.25) is 11.8 Å². The van der Waals surface area contributed by atoms with Crippen molar-refractivity contribution in [2.75, 3.05) is 31.2 Å². The van der Waals surface area contributed by atoms with Gasteiger partial charge in [0.15, 0.2) is 0 Å². The van der Waals surface area contributed by atoms with E-state index in [1.807, 2.05) is 4.57 Å². The molecule has 3 rings (SSSR count). The number of carbonyl (C=O) groups excluding carboxylic acids is 1. The average molecular weight is 335 g/mol. The molecule has 0 saturated carbocycles. The minimum absolute atomic E-state index is 0.269. The zero-order chi connectivity index (χ0) is 17.1. The van der Waals surface area contributed by atoms with E-state index in [4.69, 9.17) is 10.5 Å². The van der Waals surface area contributed by atoms with E-state index in [-0.39, 0.29) is 5.82 Å². The Hall–Kier alpha value is -1.63. The molecule has 0 spiro atoms. The summed E-state index contributed by atoms with van der Waals surface area (Å²) in [5.41, 5.74) is 5.46. The van der Waals surface area contributed by atoms with Crippen molar-refractivity contribution in [1.82, 2.24) is 14.8 Å². The van der Waals surface area contributed by atoms with E-state index in [0.29, 0.717) is 12.5 Å². The first-order chi connectivity index (χ1) is 11.6. The number of piperidine rings is 1. The molecule has 1 aromatic heterocycles. The van der Waals surface area contributed by atoms with E-state index in [1.54, 1.807) is 0 Å². The largest absolute Gasteiger partial charge is 0.381 e. The molecule has 134 valence electrons. The molecule has 2 aliphatic heterocycles. The lowest BCUT2D eigenvalue weighted by Gasteiger charge is -2.38. The highest BCUT2D eigenvalue weighted by atomic mass is 16.5. The molecular formula is C17H29N5O2. The molecule has 2 N–H and O–H groups in total. The Kier molecular flexibility index (Phi) is 5.38. The lowest BCUT2D eigenvalue weighted by molar-refractivity contribution is 0.0418. The normalized spacial score (nSPS) is 20.7. The van der Waals surface area contributed by atoms with Gasteiger partial charge in [0.25, 0.3) is 5.91 Å². The van der Waals surface area contributed by atoms with Gasteiger partial charge in [0, 0.05) is 32.8 Å². The molecule has 7 heteroatoms. The van der Waals surface area contributed by atoms with Gasteiger partial charge in [-0.1, -0.05) is 13.8 Å². The van der Waals surface area contributed by atoms with E-state index in [2.05, 4.69) is 28.9 Å². The number of hydrogen-bond donors (Lipinski definition) is 1. The third-order valence-corrected chi connectivity index (χ3v) is 5.25. The Morgan fingerprint density at radius 2 is 1.79 bits per heavy atom. The van der Waals surface area contributed by atoms with Crippen LogP contribution in [0.1, 0.15) is 50.1 Å². The summed E-state index contributed by atoms with van der Waals surface area (Å²) in [6, 6.07) is 0. The standard InChI is InChI=1S/C17H29N5O2/c1-12(2)11-22-16(15(18)23)19-20-17(22)21-7-3-13(4-8-21)14-5-9-24-10-6-14/h12-14H,3-11H2,1-2H3,(H2,18,23). The van der Waals surface area contributed by atoms with Crippen molar-refractivity contribution in [2.24, 2.45) is 23.5 Å². The Balaban J connectivity index is 1.68. The van der Waals surface area contributed by atoms with E-state index < -0.39 is 5.91 Å². The molecule has 24 heavy (non-hydrogen) atoms. The van der Waals surface area contributed by atoms with Gasteiger partial charge in [-0.3, -0.25) is 9.36 Å². The fraction of sp³-hybridized carbons (Fsp3) is 0.824. The summed E-state index contributed by atoms with van der Waals surface area (Å²) in [4.78, 5) is 13.9. The van der Waals surface area contributed by atoms with Crippen molar-refractivity contribution in [2.45, 2.75) is 46.1 Å². The van der Waals surface area contributed by atoms with Gasteiger partial charge in [0.1, 0.15) is 0 Å². The third-order valence-electron chi connectivity index (χ3n) is 5.25. The zero-order valence-electron chi connectivity index (χ0n) is 14.8. The van der Waals surface area contributed by atoms with Crippen molar-refractivity contribution in [1.29, 1.82) is 0 Å². The predicted molar refractivity (Wildman–Crippen MR) is 91.9 cm³/mol. The van der Waals surface area contributed by atoms with Crippen LogP contribution in [0, 0.1) is 17.8 Å². The fourth-order valence-electron chi connectivity index (χ4n) is 4.00. The maximum absolute atomic E-state index is 11.6. The highest BCUT2D eigenvalue weighted by Crippen LogP contribution is 2.33. The van der Waals surface area contributed by atoms with Crippen LogP contribution in [-0.4, -0.2) is 47.0 Å². The van der Waals surface area contributed by atoms with Gasteiger partial charge in [-0.2, -0.15) is 0 Å². The topological polar surface area (TPSA) is 86.3 Å². The number of nitrogens with zero attached hydrogens (tertiary/aromatic N) is 4. The molecule has 2 aliphatic rings. The summed E-state index contributed by atoms with van der Waals surface area (Å²) >= 11 is 0. The van der Waals surface area contributed by atoms with Crippen molar-refractivity contribution >= 4 is 11.9 Å². The summed E-state index contributed by atoms with van der Waals surface area (Å²) in [5, 5.41) is 8.30. The van der Waals surface area contributed by atoms with Crippen LogP contribution in [0.15, 0.2) is 0 Å². The number of amides is 1. The second-order valence-electron chi connectivity index (χ2n) is 7.47. The van der Waals surface area contributed by atoms with Gasteiger partial charge in [0.05, 0.1) is 0 Å². The maximum Gasteiger partial charge on any atom is 0.286 e. The number of hydrogen-bond acceptors (Lipinski definition) is 5. The molecule has 3 heterocycles. The second-order valence-corrected chi connectivity index (χ2v) is 7.47. The highest BCUT2D eigenvalue weighted by molar-refractivity contribution is 5.89. The van der Waals surface area contributed by atoms with Crippen molar-refractivity contribution < 1.29 is 9.53 Å². The number of primary amides is 1. The summed E-state index contributed by atoms with van der Waals surface area (Å²) in [6.07, 6.45) is 4.73. The Morgan fingerprint density at radius 3 is 2.38 bits per heavy atom. The van der Waals surface area contributed by atoms with Gasteiger partial charge in [-0.25, -0.2) is 0 Å². The smallest absolute Gasteiger partial charge is 0.286 e. The quantitative estimate of drug-likeness (QED) is 0.884. The van der Waals surface area contributed by atoms with Crippen LogP contribution in [0.3, 0.4) is 0 Å². The molecular weight excluding hydrogens is 306 g/mol. The number of rotatable bonds is 5. The van der Waals surface area contributed by atoms with Gasteiger partial charge in [-0.15, -0.1) is 10.2 Å². The Labute approximate surface area is 143 Å². The van der Waals surface area contributed by atoms with Crippen LogP contribution in [0.2, 0.25) is 0 Å². The molecule has 1 amide bonds. The molecule has 1 aromatic rings. The van der Waals surface area contributed by atoms with E-state index in [9.17, 15) is 4.79 Å². The number of ether oxygens (including phenoxy) is 1. The summed E-state index contributed by atoms with van der Waals surface area (Å²) < 4.78 is 7.37. The van der Waals surface area contributed by atoms with Crippen LogP contribution in [0.4, 0.5) is 5.95 Å². The van der Waals surface area contributed by atoms with Crippen LogP contribution in [0.25, 0.3) is 0 Å². The third kappa shape index (κ3) is 3.71. The highest BCUT2D eigenvalue weighted by Gasteiger charge is 2.30. The lowest BCUT2D eigenvalue weighted by Crippen LogP contribution is -2.39. The number of anilines is 1. The van der Waals surface area contributed by atoms with Crippen LogP contribution >= 0.6 is 0 Å². The molecule has 0 unspecified atom stereocenters. The molecule has 0 aliphatic carbocycles. The van der Waals surface area contributed by atoms with E-state index in [0.717, 1.165) is 44.1 Å². The van der Waals surface area contributed by atoms with Crippen LogP contribution in [-0.2, 0) is 11.3 Å². The molecule has 2 fully saturated rings.